The van der Waals surface area contributed by atoms with Gasteiger partial charge in [-0.2, -0.15) is 0 Å². The van der Waals surface area contributed by atoms with Gasteiger partial charge in [-0.3, -0.25) is 0 Å². The number of rotatable bonds is 0. The first kappa shape index (κ1) is 7.90. The highest BCUT2D eigenvalue weighted by Crippen LogP contribution is 2.33. The third-order valence-electron chi connectivity index (χ3n) is 3.02. The average molecular weight is 169 g/mol. The van der Waals surface area contributed by atoms with Gasteiger partial charge in [0.2, 0.25) is 0 Å². The van der Waals surface area contributed by atoms with E-state index in [-0.39, 0.29) is 17.7 Å². The Hall–Kier alpha value is -0.730. The lowest BCUT2D eigenvalue weighted by atomic mass is 9.92. The SMILES string of the molecule is C[C@]12CCCCC[C@H]1NC(=O)O2. The lowest BCUT2D eigenvalue weighted by Crippen LogP contribution is -2.39. The molecule has 2 atom stereocenters. The third-order valence-corrected chi connectivity index (χ3v) is 3.02. The van der Waals surface area contributed by atoms with Crippen molar-refractivity contribution in [3.05, 3.63) is 0 Å². The summed E-state index contributed by atoms with van der Waals surface area (Å²) in [5, 5.41) is 2.88. The quantitative estimate of drug-likeness (QED) is 0.600. The maximum atomic E-state index is 11.0. The van der Waals surface area contributed by atoms with Crippen LogP contribution in [0.1, 0.15) is 39.0 Å². The van der Waals surface area contributed by atoms with Crippen LogP contribution >= 0.6 is 0 Å². The van der Waals surface area contributed by atoms with Gasteiger partial charge >= 0.3 is 6.09 Å². The van der Waals surface area contributed by atoms with Crippen LogP contribution < -0.4 is 5.32 Å². The smallest absolute Gasteiger partial charge is 0.408 e. The molecule has 1 saturated heterocycles. The molecule has 0 bridgehead atoms. The van der Waals surface area contributed by atoms with Crippen molar-refractivity contribution in [3.8, 4) is 0 Å². The number of hydrogen-bond donors (Lipinski definition) is 1. The third kappa shape index (κ3) is 1.17. The first-order valence-corrected chi connectivity index (χ1v) is 4.70. The minimum absolute atomic E-state index is 0.215. The van der Waals surface area contributed by atoms with Gasteiger partial charge in [-0.25, -0.2) is 4.79 Å². The average Bonchev–Trinajstić information content (AvgIpc) is 2.14. The molecule has 0 aromatic heterocycles. The van der Waals surface area contributed by atoms with E-state index in [4.69, 9.17) is 4.74 Å². The fourth-order valence-corrected chi connectivity index (χ4v) is 2.21. The van der Waals surface area contributed by atoms with Crippen molar-refractivity contribution in [2.75, 3.05) is 0 Å². The normalized spacial score (nSPS) is 41.1. The summed E-state index contributed by atoms with van der Waals surface area (Å²) in [5.41, 5.74) is -0.215. The standard InChI is InChI=1S/C9H15NO2/c1-9-6-4-2-3-5-7(9)10-8(11)12-9/h7H,2-6H2,1H3,(H,10,11)/t7-,9+/m1/s1. The molecule has 1 heterocycles. The monoisotopic (exact) mass is 169 g/mol. The highest BCUT2D eigenvalue weighted by atomic mass is 16.6. The molecule has 2 aliphatic rings. The molecular weight excluding hydrogens is 154 g/mol. The van der Waals surface area contributed by atoms with Crippen LogP contribution in [-0.2, 0) is 4.74 Å². The van der Waals surface area contributed by atoms with Gasteiger partial charge in [0.1, 0.15) is 5.60 Å². The number of carbonyl (C=O) groups is 1. The molecule has 3 nitrogen and oxygen atoms in total. The zero-order valence-corrected chi connectivity index (χ0v) is 7.43. The van der Waals surface area contributed by atoms with Crippen molar-refractivity contribution in [1.82, 2.24) is 5.32 Å². The molecule has 3 heteroatoms. The van der Waals surface area contributed by atoms with Crippen molar-refractivity contribution >= 4 is 6.09 Å². The Balaban J connectivity index is 2.15. The minimum Gasteiger partial charge on any atom is -0.441 e. The summed E-state index contributed by atoms with van der Waals surface area (Å²) in [6, 6.07) is 0.257. The minimum atomic E-state index is -0.232. The van der Waals surface area contributed by atoms with Crippen molar-refractivity contribution in [1.29, 1.82) is 0 Å². The Labute approximate surface area is 72.5 Å². The first-order valence-electron chi connectivity index (χ1n) is 4.70. The van der Waals surface area contributed by atoms with Gasteiger partial charge in [0.15, 0.2) is 0 Å². The number of nitrogens with one attached hydrogen (secondary N) is 1. The van der Waals surface area contributed by atoms with Gasteiger partial charge in [0, 0.05) is 0 Å². The fourth-order valence-electron chi connectivity index (χ4n) is 2.21. The highest BCUT2D eigenvalue weighted by molar-refractivity contribution is 5.71. The topological polar surface area (TPSA) is 38.3 Å². The van der Waals surface area contributed by atoms with Gasteiger partial charge in [-0.05, 0) is 26.2 Å². The van der Waals surface area contributed by atoms with Crippen molar-refractivity contribution in [2.24, 2.45) is 0 Å². The molecular formula is C9H15NO2. The molecule has 68 valence electrons. The number of hydrogen-bond acceptors (Lipinski definition) is 2. The van der Waals surface area contributed by atoms with Crippen LogP contribution in [0.15, 0.2) is 0 Å². The van der Waals surface area contributed by atoms with Gasteiger partial charge in [0.25, 0.3) is 0 Å². The summed E-state index contributed by atoms with van der Waals surface area (Å²) in [7, 11) is 0. The largest absolute Gasteiger partial charge is 0.441 e. The van der Waals surface area contributed by atoms with E-state index in [0.717, 1.165) is 12.8 Å². The number of amides is 1. The molecule has 1 saturated carbocycles. The summed E-state index contributed by atoms with van der Waals surface area (Å²) >= 11 is 0. The summed E-state index contributed by atoms with van der Waals surface area (Å²) < 4.78 is 5.28. The first-order chi connectivity index (χ1) is 5.71. The predicted octanol–water partition coefficient (Wildman–Crippen LogP) is 1.82. The second-order valence-electron chi connectivity index (χ2n) is 4.00. The number of ether oxygens (including phenoxy) is 1. The van der Waals surface area contributed by atoms with E-state index in [0.29, 0.717) is 0 Å². The number of carbonyl (C=O) groups excluding carboxylic acids is 1. The van der Waals surface area contributed by atoms with Crippen LogP contribution in [0, 0.1) is 0 Å². The molecule has 0 aromatic carbocycles. The van der Waals surface area contributed by atoms with Crippen LogP contribution in [0.3, 0.4) is 0 Å². The van der Waals surface area contributed by atoms with E-state index >= 15 is 0 Å². The van der Waals surface area contributed by atoms with E-state index < -0.39 is 0 Å². The Bertz CT molecular complexity index is 205. The van der Waals surface area contributed by atoms with Crippen LogP contribution in [0.4, 0.5) is 4.79 Å². The van der Waals surface area contributed by atoms with Crippen LogP contribution in [0.25, 0.3) is 0 Å². The molecule has 0 unspecified atom stereocenters. The van der Waals surface area contributed by atoms with Crippen LogP contribution in [-0.4, -0.2) is 17.7 Å². The molecule has 1 amide bonds. The summed E-state index contributed by atoms with van der Waals surface area (Å²) in [6.07, 6.45) is 5.51. The maximum absolute atomic E-state index is 11.0. The summed E-state index contributed by atoms with van der Waals surface area (Å²) in [4.78, 5) is 11.0. The van der Waals surface area contributed by atoms with Gasteiger partial charge in [0.05, 0.1) is 6.04 Å². The van der Waals surface area contributed by atoms with E-state index in [1.165, 1.54) is 19.3 Å². The van der Waals surface area contributed by atoms with E-state index in [9.17, 15) is 4.79 Å². The van der Waals surface area contributed by atoms with Gasteiger partial charge in [-0.1, -0.05) is 12.8 Å². The summed E-state index contributed by atoms with van der Waals surface area (Å²) in [5.74, 6) is 0. The molecule has 1 aliphatic carbocycles. The fraction of sp³-hybridized carbons (Fsp3) is 0.889. The molecule has 0 radical (unpaired) electrons. The Morgan fingerprint density at radius 1 is 1.50 bits per heavy atom. The van der Waals surface area contributed by atoms with Crippen molar-refractivity contribution in [2.45, 2.75) is 50.7 Å². The second-order valence-corrected chi connectivity index (χ2v) is 4.00. The van der Waals surface area contributed by atoms with Crippen molar-refractivity contribution < 1.29 is 9.53 Å². The zero-order valence-electron chi connectivity index (χ0n) is 7.43. The molecule has 0 aromatic rings. The molecule has 1 aliphatic heterocycles. The zero-order chi connectivity index (χ0) is 8.60. The lowest BCUT2D eigenvalue weighted by molar-refractivity contribution is 0.0466. The van der Waals surface area contributed by atoms with E-state index in [1.54, 1.807) is 0 Å². The molecule has 12 heavy (non-hydrogen) atoms. The maximum Gasteiger partial charge on any atom is 0.408 e. The summed E-state index contributed by atoms with van der Waals surface area (Å²) in [6.45, 7) is 2.04. The number of fused-ring (bicyclic) bond motifs is 1. The molecule has 1 N–H and O–H groups in total. The van der Waals surface area contributed by atoms with Crippen LogP contribution in [0.2, 0.25) is 0 Å². The lowest BCUT2D eigenvalue weighted by Gasteiger charge is -2.25. The van der Waals surface area contributed by atoms with Gasteiger partial charge < -0.3 is 10.1 Å². The second kappa shape index (κ2) is 2.64. The Morgan fingerprint density at radius 3 is 3.17 bits per heavy atom. The van der Waals surface area contributed by atoms with Crippen molar-refractivity contribution in [3.63, 3.8) is 0 Å². The van der Waals surface area contributed by atoms with Crippen LogP contribution in [0.5, 0.6) is 0 Å². The Morgan fingerprint density at radius 2 is 2.33 bits per heavy atom. The molecule has 2 rings (SSSR count). The van der Waals surface area contributed by atoms with Gasteiger partial charge in [-0.15, -0.1) is 0 Å². The molecule has 2 fully saturated rings. The predicted molar refractivity (Wildman–Crippen MR) is 44.9 cm³/mol. The Kier molecular flexibility index (Phi) is 1.74. The number of alkyl carbamates (subject to hydrolysis) is 1. The highest BCUT2D eigenvalue weighted by Gasteiger charge is 2.45. The molecule has 0 spiro atoms. The van der Waals surface area contributed by atoms with E-state index in [2.05, 4.69) is 5.32 Å². The van der Waals surface area contributed by atoms with E-state index in [1.807, 2.05) is 6.92 Å².